The van der Waals surface area contributed by atoms with Gasteiger partial charge in [0.2, 0.25) is 5.78 Å². The number of benzene rings is 1. The van der Waals surface area contributed by atoms with Crippen LogP contribution in [0.5, 0.6) is 0 Å². The van der Waals surface area contributed by atoms with Gasteiger partial charge in [-0.05, 0) is 12.5 Å². The summed E-state index contributed by atoms with van der Waals surface area (Å²) in [6, 6.07) is 5.92. The number of hydrogen-bond donors (Lipinski definition) is 0. The second kappa shape index (κ2) is 4.26. The predicted octanol–water partition coefficient (Wildman–Crippen LogP) is 2.84. The van der Waals surface area contributed by atoms with Crippen molar-refractivity contribution in [1.82, 2.24) is 0 Å². The summed E-state index contributed by atoms with van der Waals surface area (Å²) in [5.41, 5.74) is 0.711. The molecule has 0 N–H and O–H groups in total. The zero-order valence-corrected chi connectivity index (χ0v) is 7.51. The number of carbonyl (C=O) groups is 1. The summed E-state index contributed by atoms with van der Waals surface area (Å²) >= 11 is 0. The molecule has 0 aromatic heterocycles. The van der Waals surface area contributed by atoms with Crippen molar-refractivity contribution in [3.63, 3.8) is 0 Å². The van der Waals surface area contributed by atoms with E-state index in [-0.39, 0.29) is 5.56 Å². The van der Waals surface area contributed by atoms with E-state index in [2.05, 4.69) is 0 Å². The quantitative estimate of drug-likeness (QED) is 0.736. The van der Waals surface area contributed by atoms with Crippen LogP contribution in [-0.4, -0.2) is 12.2 Å². The van der Waals surface area contributed by atoms with Gasteiger partial charge in [-0.15, -0.1) is 0 Å². The monoisotopic (exact) mass is 202 g/mol. The van der Waals surface area contributed by atoms with E-state index in [9.17, 15) is 18.0 Å². The SMILES string of the molecule is Cc1cccc(C(F)C(=O)C(F)F)c1. The average Bonchev–Trinajstić information content (AvgIpc) is 2.15. The van der Waals surface area contributed by atoms with Crippen LogP contribution in [0.1, 0.15) is 17.3 Å². The van der Waals surface area contributed by atoms with Gasteiger partial charge in [0.05, 0.1) is 0 Å². The first-order valence-electron chi connectivity index (χ1n) is 4.05. The summed E-state index contributed by atoms with van der Waals surface area (Å²) < 4.78 is 36.9. The molecule has 0 aliphatic heterocycles. The number of aryl methyl sites for hydroxylation is 1. The third-order valence-corrected chi connectivity index (χ3v) is 1.80. The van der Waals surface area contributed by atoms with E-state index in [0.717, 1.165) is 5.56 Å². The van der Waals surface area contributed by atoms with Gasteiger partial charge in [0, 0.05) is 0 Å². The lowest BCUT2D eigenvalue weighted by Gasteiger charge is -2.07. The second-order valence-corrected chi connectivity index (χ2v) is 2.98. The smallest absolute Gasteiger partial charge is 0.290 e. The van der Waals surface area contributed by atoms with E-state index < -0.39 is 18.4 Å². The largest absolute Gasteiger partial charge is 0.299 e. The number of Topliss-reactive ketones (excluding diaryl/α,β-unsaturated/α-hetero) is 1. The van der Waals surface area contributed by atoms with E-state index in [1.165, 1.54) is 18.2 Å². The molecule has 1 rings (SSSR count). The summed E-state index contributed by atoms with van der Waals surface area (Å²) in [5, 5.41) is 0. The molecule has 1 aromatic carbocycles. The van der Waals surface area contributed by atoms with Crippen molar-refractivity contribution < 1.29 is 18.0 Å². The molecule has 0 fully saturated rings. The lowest BCUT2D eigenvalue weighted by Crippen LogP contribution is -2.16. The minimum atomic E-state index is -3.26. The Kier molecular flexibility index (Phi) is 3.28. The van der Waals surface area contributed by atoms with Crippen LogP contribution in [0.3, 0.4) is 0 Å². The molecule has 76 valence electrons. The molecule has 0 saturated carbocycles. The van der Waals surface area contributed by atoms with Crippen molar-refractivity contribution in [2.45, 2.75) is 19.5 Å². The molecule has 0 heterocycles. The van der Waals surface area contributed by atoms with Crippen LogP contribution in [0.25, 0.3) is 0 Å². The minimum Gasteiger partial charge on any atom is -0.290 e. The van der Waals surface area contributed by atoms with Gasteiger partial charge in [-0.3, -0.25) is 4.79 Å². The van der Waals surface area contributed by atoms with Crippen LogP contribution in [-0.2, 0) is 4.79 Å². The van der Waals surface area contributed by atoms with Gasteiger partial charge < -0.3 is 0 Å². The first-order valence-corrected chi connectivity index (χ1v) is 4.05. The van der Waals surface area contributed by atoms with Crippen molar-refractivity contribution in [2.75, 3.05) is 0 Å². The number of rotatable bonds is 3. The molecule has 0 radical (unpaired) electrons. The normalized spacial score (nSPS) is 12.9. The second-order valence-electron chi connectivity index (χ2n) is 2.98. The summed E-state index contributed by atoms with van der Waals surface area (Å²) in [6.45, 7) is 1.70. The number of alkyl halides is 3. The molecule has 1 nitrogen and oxygen atoms in total. The fourth-order valence-electron chi connectivity index (χ4n) is 1.10. The molecule has 0 amide bonds. The molecule has 1 unspecified atom stereocenters. The van der Waals surface area contributed by atoms with E-state index in [4.69, 9.17) is 0 Å². The Balaban J connectivity index is 2.89. The first-order chi connectivity index (χ1) is 6.52. The van der Waals surface area contributed by atoms with Crippen LogP contribution in [0.15, 0.2) is 24.3 Å². The highest BCUT2D eigenvalue weighted by Gasteiger charge is 2.27. The maximum absolute atomic E-state index is 13.1. The summed E-state index contributed by atoms with van der Waals surface area (Å²) in [6.07, 6.45) is -5.49. The van der Waals surface area contributed by atoms with Gasteiger partial charge in [-0.25, -0.2) is 13.2 Å². The van der Waals surface area contributed by atoms with Gasteiger partial charge in [-0.1, -0.05) is 29.8 Å². The summed E-state index contributed by atoms with van der Waals surface area (Å²) in [7, 11) is 0. The molecular weight excluding hydrogens is 193 g/mol. The predicted molar refractivity (Wildman–Crippen MR) is 46.0 cm³/mol. The number of ketones is 1. The molecule has 0 bridgehead atoms. The van der Waals surface area contributed by atoms with Gasteiger partial charge in [0.15, 0.2) is 6.17 Å². The van der Waals surface area contributed by atoms with Crippen LogP contribution >= 0.6 is 0 Å². The van der Waals surface area contributed by atoms with E-state index in [1.807, 2.05) is 0 Å². The molecular formula is C10H9F3O. The number of carbonyl (C=O) groups excluding carboxylic acids is 1. The van der Waals surface area contributed by atoms with Crippen molar-refractivity contribution in [1.29, 1.82) is 0 Å². The Morgan fingerprint density at radius 2 is 1.93 bits per heavy atom. The first kappa shape index (κ1) is 10.8. The molecule has 0 saturated heterocycles. The molecule has 0 aliphatic carbocycles. The molecule has 4 heteroatoms. The van der Waals surface area contributed by atoms with Gasteiger partial charge in [-0.2, -0.15) is 0 Å². The van der Waals surface area contributed by atoms with Gasteiger partial charge in [0.1, 0.15) is 0 Å². The maximum Gasteiger partial charge on any atom is 0.299 e. The number of halogens is 3. The topological polar surface area (TPSA) is 17.1 Å². The van der Waals surface area contributed by atoms with Crippen molar-refractivity contribution in [3.8, 4) is 0 Å². The van der Waals surface area contributed by atoms with Gasteiger partial charge >= 0.3 is 0 Å². The van der Waals surface area contributed by atoms with Crippen LogP contribution < -0.4 is 0 Å². The highest BCUT2D eigenvalue weighted by molar-refractivity contribution is 5.87. The Labute approximate surface area is 79.5 Å². The van der Waals surface area contributed by atoms with Crippen LogP contribution in [0.4, 0.5) is 13.2 Å². The lowest BCUT2D eigenvalue weighted by atomic mass is 10.0. The third kappa shape index (κ3) is 2.34. The highest BCUT2D eigenvalue weighted by Crippen LogP contribution is 2.22. The van der Waals surface area contributed by atoms with Crippen molar-refractivity contribution in [3.05, 3.63) is 35.4 Å². The molecule has 1 aromatic rings. The third-order valence-electron chi connectivity index (χ3n) is 1.80. The maximum atomic E-state index is 13.1. The average molecular weight is 202 g/mol. The van der Waals surface area contributed by atoms with Crippen molar-refractivity contribution >= 4 is 5.78 Å². The zero-order chi connectivity index (χ0) is 10.7. The number of hydrogen-bond acceptors (Lipinski definition) is 1. The fourth-order valence-corrected chi connectivity index (χ4v) is 1.10. The summed E-state index contributed by atoms with van der Waals surface area (Å²) in [5.74, 6) is -1.68. The standard InChI is InChI=1S/C10H9F3O/c1-6-3-2-4-7(5-6)8(11)9(14)10(12)13/h2-5,8,10H,1H3. The van der Waals surface area contributed by atoms with Crippen LogP contribution in [0, 0.1) is 6.92 Å². The molecule has 0 aliphatic rings. The van der Waals surface area contributed by atoms with Crippen LogP contribution in [0.2, 0.25) is 0 Å². The Hall–Kier alpha value is -1.32. The highest BCUT2D eigenvalue weighted by atomic mass is 19.3. The zero-order valence-electron chi connectivity index (χ0n) is 7.51. The Morgan fingerprint density at radius 3 is 2.43 bits per heavy atom. The fraction of sp³-hybridized carbons (Fsp3) is 0.300. The molecule has 1 atom stereocenters. The lowest BCUT2D eigenvalue weighted by molar-refractivity contribution is -0.134. The van der Waals surface area contributed by atoms with Gasteiger partial charge in [0.25, 0.3) is 6.43 Å². The van der Waals surface area contributed by atoms with E-state index >= 15 is 0 Å². The van der Waals surface area contributed by atoms with Crippen molar-refractivity contribution in [2.24, 2.45) is 0 Å². The minimum absolute atomic E-state index is 0.0182. The molecule has 14 heavy (non-hydrogen) atoms. The summed E-state index contributed by atoms with van der Waals surface area (Å²) in [4.78, 5) is 10.6. The Bertz CT molecular complexity index is 336. The molecule has 0 spiro atoms. The Morgan fingerprint density at radius 1 is 1.29 bits per heavy atom. The van der Waals surface area contributed by atoms with E-state index in [0.29, 0.717) is 0 Å². The van der Waals surface area contributed by atoms with E-state index in [1.54, 1.807) is 13.0 Å².